The lowest BCUT2D eigenvalue weighted by molar-refractivity contribution is -0.116. The van der Waals surface area contributed by atoms with E-state index in [-0.39, 0.29) is 12.3 Å². The van der Waals surface area contributed by atoms with Gasteiger partial charge < -0.3 is 9.84 Å². The van der Waals surface area contributed by atoms with Gasteiger partial charge in [-0.15, -0.1) is 11.3 Å². The molecule has 0 aliphatic carbocycles. The Kier molecular flexibility index (Phi) is 5.23. The Hall–Kier alpha value is -2.54. The third-order valence-electron chi connectivity index (χ3n) is 3.73. The standard InChI is InChI=1S/C18H20N4O2S/c1-11(2)13-4-6-14(7-5-13)17-21-16(24-22-17)9-8-15(23)20-18-19-12(3)10-25-18/h4-7,10-11H,8-9H2,1-3H3,(H,19,20,23). The van der Waals surface area contributed by atoms with Crippen LogP contribution < -0.4 is 5.32 Å². The van der Waals surface area contributed by atoms with E-state index in [0.29, 0.717) is 29.2 Å². The maximum absolute atomic E-state index is 11.9. The summed E-state index contributed by atoms with van der Waals surface area (Å²) in [6, 6.07) is 8.11. The predicted molar refractivity (Wildman–Crippen MR) is 97.6 cm³/mol. The molecule has 2 heterocycles. The lowest BCUT2D eigenvalue weighted by Gasteiger charge is -2.04. The Bertz CT molecular complexity index is 852. The molecule has 0 unspecified atom stereocenters. The molecule has 25 heavy (non-hydrogen) atoms. The monoisotopic (exact) mass is 356 g/mol. The average Bonchev–Trinajstić information content (AvgIpc) is 3.22. The van der Waals surface area contributed by atoms with Crippen molar-refractivity contribution >= 4 is 22.4 Å². The lowest BCUT2D eigenvalue weighted by Crippen LogP contribution is -2.12. The molecule has 0 aliphatic rings. The zero-order valence-corrected chi connectivity index (χ0v) is 15.3. The molecule has 3 aromatic rings. The highest BCUT2D eigenvalue weighted by Crippen LogP contribution is 2.21. The number of aryl methyl sites for hydroxylation is 2. The van der Waals surface area contributed by atoms with Crippen molar-refractivity contribution in [3.05, 3.63) is 46.8 Å². The first kappa shape index (κ1) is 17.3. The summed E-state index contributed by atoms with van der Waals surface area (Å²) >= 11 is 1.41. The second kappa shape index (κ2) is 7.57. The fourth-order valence-electron chi connectivity index (χ4n) is 2.30. The van der Waals surface area contributed by atoms with Crippen LogP contribution in [-0.2, 0) is 11.2 Å². The number of nitrogens with zero attached hydrogens (tertiary/aromatic N) is 3. The maximum Gasteiger partial charge on any atom is 0.227 e. The number of rotatable bonds is 6. The van der Waals surface area contributed by atoms with Crippen LogP contribution in [-0.4, -0.2) is 21.0 Å². The molecule has 0 aliphatic heterocycles. The zero-order chi connectivity index (χ0) is 17.8. The van der Waals surface area contributed by atoms with E-state index in [0.717, 1.165) is 11.3 Å². The van der Waals surface area contributed by atoms with Gasteiger partial charge in [-0.3, -0.25) is 4.79 Å². The molecule has 6 nitrogen and oxygen atoms in total. The van der Waals surface area contributed by atoms with Crippen molar-refractivity contribution in [2.24, 2.45) is 0 Å². The Morgan fingerprint density at radius 2 is 2.00 bits per heavy atom. The number of benzene rings is 1. The van der Waals surface area contributed by atoms with Crippen LogP contribution in [0.3, 0.4) is 0 Å². The minimum Gasteiger partial charge on any atom is -0.339 e. The third kappa shape index (κ3) is 4.51. The number of anilines is 1. The number of aromatic nitrogens is 3. The second-order valence-electron chi connectivity index (χ2n) is 6.13. The van der Waals surface area contributed by atoms with Crippen LogP contribution in [0.2, 0.25) is 0 Å². The van der Waals surface area contributed by atoms with Gasteiger partial charge in [0.2, 0.25) is 17.6 Å². The van der Waals surface area contributed by atoms with Gasteiger partial charge in [-0.2, -0.15) is 4.98 Å². The van der Waals surface area contributed by atoms with Crippen molar-refractivity contribution in [1.82, 2.24) is 15.1 Å². The SMILES string of the molecule is Cc1csc(NC(=O)CCc2nc(-c3ccc(C(C)C)cc3)no2)n1. The van der Waals surface area contributed by atoms with Crippen molar-refractivity contribution in [2.45, 2.75) is 39.5 Å². The van der Waals surface area contributed by atoms with Crippen LogP contribution in [0.5, 0.6) is 0 Å². The van der Waals surface area contributed by atoms with Crippen molar-refractivity contribution < 1.29 is 9.32 Å². The van der Waals surface area contributed by atoms with Gasteiger partial charge >= 0.3 is 0 Å². The van der Waals surface area contributed by atoms with Gasteiger partial charge in [0.15, 0.2) is 5.13 Å². The Balaban J connectivity index is 1.57. The van der Waals surface area contributed by atoms with Crippen LogP contribution in [0.25, 0.3) is 11.4 Å². The first-order valence-electron chi connectivity index (χ1n) is 8.16. The molecule has 0 saturated carbocycles. The highest BCUT2D eigenvalue weighted by Gasteiger charge is 2.12. The molecule has 3 rings (SSSR count). The topological polar surface area (TPSA) is 80.9 Å². The van der Waals surface area contributed by atoms with Crippen molar-refractivity contribution in [3.63, 3.8) is 0 Å². The molecule has 0 bridgehead atoms. The number of carbonyl (C=O) groups excluding carboxylic acids is 1. The van der Waals surface area contributed by atoms with E-state index >= 15 is 0 Å². The zero-order valence-electron chi connectivity index (χ0n) is 14.4. The van der Waals surface area contributed by atoms with Crippen LogP contribution in [0, 0.1) is 6.92 Å². The summed E-state index contributed by atoms with van der Waals surface area (Å²) in [7, 11) is 0. The molecule has 2 aromatic heterocycles. The number of amides is 1. The first-order chi connectivity index (χ1) is 12.0. The molecule has 0 atom stereocenters. The lowest BCUT2D eigenvalue weighted by atomic mass is 10.0. The van der Waals surface area contributed by atoms with E-state index < -0.39 is 0 Å². The van der Waals surface area contributed by atoms with E-state index in [1.807, 2.05) is 24.4 Å². The molecule has 0 spiro atoms. The van der Waals surface area contributed by atoms with E-state index in [1.165, 1.54) is 16.9 Å². The third-order valence-corrected chi connectivity index (χ3v) is 4.61. The Labute approximate surface area is 150 Å². The number of hydrogen-bond donors (Lipinski definition) is 1. The van der Waals surface area contributed by atoms with Crippen LogP contribution in [0.4, 0.5) is 5.13 Å². The minimum absolute atomic E-state index is 0.115. The molecule has 7 heteroatoms. The fourth-order valence-corrected chi connectivity index (χ4v) is 3.01. The molecular weight excluding hydrogens is 336 g/mol. The van der Waals surface area contributed by atoms with Gasteiger partial charge in [0.25, 0.3) is 0 Å². The first-order valence-corrected chi connectivity index (χ1v) is 9.04. The quantitative estimate of drug-likeness (QED) is 0.716. The van der Waals surface area contributed by atoms with Crippen LogP contribution >= 0.6 is 11.3 Å². The van der Waals surface area contributed by atoms with Gasteiger partial charge in [-0.1, -0.05) is 43.3 Å². The molecule has 1 aromatic carbocycles. The van der Waals surface area contributed by atoms with E-state index in [9.17, 15) is 4.79 Å². The summed E-state index contributed by atoms with van der Waals surface area (Å²) in [5.41, 5.74) is 3.06. The summed E-state index contributed by atoms with van der Waals surface area (Å²) in [6.45, 7) is 6.19. The Morgan fingerprint density at radius 3 is 2.64 bits per heavy atom. The summed E-state index contributed by atoms with van der Waals surface area (Å²) < 4.78 is 5.25. The predicted octanol–water partition coefficient (Wildman–Crippen LogP) is 4.20. The normalized spacial score (nSPS) is 11.0. The van der Waals surface area contributed by atoms with E-state index in [1.54, 1.807) is 0 Å². The summed E-state index contributed by atoms with van der Waals surface area (Å²) in [5.74, 6) is 1.36. The van der Waals surface area contributed by atoms with Crippen LogP contribution in [0.1, 0.15) is 43.3 Å². The van der Waals surface area contributed by atoms with E-state index in [2.05, 4.69) is 46.4 Å². The van der Waals surface area contributed by atoms with Crippen molar-refractivity contribution in [2.75, 3.05) is 5.32 Å². The average molecular weight is 356 g/mol. The molecular formula is C18H20N4O2S. The molecule has 1 N–H and O–H groups in total. The van der Waals surface area contributed by atoms with E-state index in [4.69, 9.17) is 4.52 Å². The molecule has 0 radical (unpaired) electrons. The largest absolute Gasteiger partial charge is 0.339 e. The van der Waals surface area contributed by atoms with Crippen molar-refractivity contribution in [1.29, 1.82) is 0 Å². The maximum atomic E-state index is 11.9. The fraction of sp³-hybridized carbons (Fsp3) is 0.333. The number of carbonyl (C=O) groups is 1. The smallest absolute Gasteiger partial charge is 0.227 e. The summed E-state index contributed by atoms with van der Waals surface area (Å²) in [6.07, 6.45) is 0.666. The number of nitrogens with one attached hydrogen (secondary N) is 1. The number of hydrogen-bond acceptors (Lipinski definition) is 6. The minimum atomic E-state index is -0.115. The van der Waals surface area contributed by atoms with Gasteiger partial charge in [0, 0.05) is 23.8 Å². The van der Waals surface area contributed by atoms with Gasteiger partial charge in [0.1, 0.15) is 0 Å². The van der Waals surface area contributed by atoms with Gasteiger partial charge in [0.05, 0.1) is 5.69 Å². The van der Waals surface area contributed by atoms with Crippen molar-refractivity contribution in [3.8, 4) is 11.4 Å². The highest BCUT2D eigenvalue weighted by molar-refractivity contribution is 7.13. The molecule has 130 valence electrons. The second-order valence-corrected chi connectivity index (χ2v) is 6.99. The Morgan fingerprint density at radius 1 is 1.24 bits per heavy atom. The molecule has 0 saturated heterocycles. The summed E-state index contributed by atoms with van der Waals surface area (Å²) in [5, 5.41) is 9.27. The molecule has 1 amide bonds. The van der Waals surface area contributed by atoms with Gasteiger partial charge in [-0.05, 0) is 18.4 Å². The number of thiazole rings is 1. The van der Waals surface area contributed by atoms with Crippen LogP contribution in [0.15, 0.2) is 34.2 Å². The highest BCUT2D eigenvalue weighted by atomic mass is 32.1. The molecule has 0 fully saturated rings. The summed E-state index contributed by atoms with van der Waals surface area (Å²) in [4.78, 5) is 20.5. The van der Waals surface area contributed by atoms with Gasteiger partial charge in [-0.25, -0.2) is 4.98 Å².